The van der Waals surface area contributed by atoms with E-state index in [0.717, 1.165) is 32.4 Å². The Balaban J connectivity index is 1.78. The minimum absolute atomic E-state index is 0.259. The smallest absolute Gasteiger partial charge is 0.267 e. The van der Waals surface area contributed by atoms with Crippen molar-refractivity contribution in [3.63, 3.8) is 0 Å². The molecule has 4 nitrogen and oxygen atoms in total. The van der Waals surface area contributed by atoms with Crippen molar-refractivity contribution in [1.82, 2.24) is 10.4 Å². The molecule has 0 spiro atoms. The van der Waals surface area contributed by atoms with Gasteiger partial charge in [0.15, 0.2) is 4.32 Å². The van der Waals surface area contributed by atoms with Gasteiger partial charge in [0.25, 0.3) is 11.8 Å². The fourth-order valence-corrected chi connectivity index (χ4v) is 4.01. The van der Waals surface area contributed by atoms with E-state index in [4.69, 9.17) is 23.8 Å². The van der Waals surface area contributed by atoms with E-state index in [-0.39, 0.29) is 15.8 Å². The number of hydrogen-bond donors (Lipinski definition) is 1. The molecule has 8 heteroatoms. The van der Waals surface area contributed by atoms with Gasteiger partial charge >= 0.3 is 0 Å². The summed E-state index contributed by atoms with van der Waals surface area (Å²) in [5.41, 5.74) is 4.61. The molecule has 0 atom stereocenters. The van der Waals surface area contributed by atoms with Crippen LogP contribution in [0.3, 0.4) is 0 Å². The number of hydrogen-bond acceptors (Lipinski definition) is 4. The fraction of sp³-hybridized carbons (Fsp3) is 0.0556. The lowest BCUT2D eigenvalue weighted by Gasteiger charge is -2.16. The molecule has 0 unspecified atom stereocenters. The van der Waals surface area contributed by atoms with Crippen molar-refractivity contribution in [3.05, 3.63) is 73.6 Å². The second kappa shape index (κ2) is 7.92. The number of thiocarbonyl (C=S) groups is 1. The van der Waals surface area contributed by atoms with Crippen LogP contribution in [0.1, 0.15) is 21.5 Å². The minimum Gasteiger partial charge on any atom is -0.267 e. The van der Waals surface area contributed by atoms with E-state index in [0.29, 0.717) is 9.93 Å². The standard InChI is InChI=1S/C18H12BrClN2O2S2/c1-10-2-7-13(14(20)8-10)16(23)21-22-17(24)15(26-18(22)25)9-11-3-5-12(19)6-4-11/h2-9H,1H3,(H,21,23)/b15-9+. The van der Waals surface area contributed by atoms with E-state index in [1.54, 1.807) is 24.3 Å². The molecule has 0 aromatic heterocycles. The summed E-state index contributed by atoms with van der Waals surface area (Å²) in [6.45, 7) is 1.88. The highest BCUT2D eigenvalue weighted by molar-refractivity contribution is 9.10. The molecule has 0 aliphatic carbocycles. The van der Waals surface area contributed by atoms with Gasteiger partial charge < -0.3 is 0 Å². The molecule has 1 fully saturated rings. The van der Waals surface area contributed by atoms with Gasteiger partial charge in [-0.1, -0.05) is 57.5 Å². The van der Waals surface area contributed by atoms with Crippen molar-refractivity contribution in [1.29, 1.82) is 0 Å². The molecule has 132 valence electrons. The maximum atomic E-state index is 12.6. The monoisotopic (exact) mass is 466 g/mol. The maximum absolute atomic E-state index is 12.6. The Morgan fingerprint density at radius 3 is 2.62 bits per heavy atom. The van der Waals surface area contributed by atoms with Gasteiger partial charge in [-0.25, -0.2) is 0 Å². The van der Waals surface area contributed by atoms with Crippen LogP contribution < -0.4 is 5.43 Å². The van der Waals surface area contributed by atoms with Crippen molar-refractivity contribution in [3.8, 4) is 0 Å². The summed E-state index contributed by atoms with van der Waals surface area (Å²) in [6, 6.07) is 12.6. The molecule has 0 saturated carbocycles. The van der Waals surface area contributed by atoms with Crippen LogP contribution in [0, 0.1) is 6.92 Å². The van der Waals surface area contributed by atoms with Crippen molar-refractivity contribution in [2.24, 2.45) is 0 Å². The number of carbonyl (C=O) groups is 2. The topological polar surface area (TPSA) is 49.4 Å². The van der Waals surface area contributed by atoms with Gasteiger partial charge in [-0.3, -0.25) is 15.0 Å². The molecular weight excluding hydrogens is 456 g/mol. The number of amides is 2. The summed E-state index contributed by atoms with van der Waals surface area (Å²) in [4.78, 5) is 25.5. The summed E-state index contributed by atoms with van der Waals surface area (Å²) < 4.78 is 1.21. The van der Waals surface area contributed by atoms with Crippen molar-refractivity contribution < 1.29 is 9.59 Å². The lowest BCUT2D eigenvalue weighted by atomic mass is 10.1. The number of rotatable bonds is 3. The molecule has 1 heterocycles. The number of nitrogens with zero attached hydrogens (tertiary/aromatic N) is 1. The van der Waals surface area contributed by atoms with Gasteiger partial charge in [-0.05, 0) is 60.6 Å². The molecule has 1 N–H and O–H groups in total. The molecule has 3 rings (SSSR count). The summed E-state index contributed by atoms with van der Waals surface area (Å²) in [7, 11) is 0. The van der Waals surface area contributed by atoms with Gasteiger partial charge in [-0.2, -0.15) is 5.01 Å². The van der Waals surface area contributed by atoms with Crippen LogP contribution in [0.15, 0.2) is 51.8 Å². The highest BCUT2D eigenvalue weighted by Gasteiger charge is 2.34. The zero-order valence-electron chi connectivity index (χ0n) is 13.5. The van der Waals surface area contributed by atoms with Crippen LogP contribution in [0.4, 0.5) is 0 Å². The third kappa shape index (κ3) is 4.17. The van der Waals surface area contributed by atoms with E-state index in [1.165, 1.54) is 0 Å². The third-order valence-electron chi connectivity index (χ3n) is 3.54. The molecular formula is C18H12BrClN2O2S2. The average Bonchev–Trinajstić information content (AvgIpc) is 2.84. The van der Waals surface area contributed by atoms with Crippen LogP contribution in [-0.4, -0.2) is 21.1 Å². The maximum Gasteiger partial charge on any atom is 0.285 e. The number of nitrogens with one attached hydrogen (secondary N) is 1. The average molecular weight is 468 g/mol. The first-order valence-corrected chi connectivity index (χ1v) is 9.85. The Kier molecular flexibility index (Phi) is 5.82. The Morgan fingerprint density at radius 2 is 1.96 bits per heavy atom. The lowest BCUT2D eigenvalue weighted by Crippen LogP contribution is -2.44. The van der Waals surface area contributed by atoms with Crippen molar-refractivity contribution >= 4 is 73.7 Å². The number of hydrazine groups is 1. The van der Waals surface area contributed by atoms with E-state index >= 15 is 0 Å². The molecule has 2 aromatic rings. The molecule has 0 radical (unpaired) electrons. The Bertz CT molecular complexity index is 945. The molecule has 0 bridgehead atoms. The fourth-order valence-electron chi connectivity index (χ4n) is 2.24. The van der Waals surface area contributed by atoms with Crippen LogP contribution in [-0.2, 0) is 4.79 Å². The number of halogens is 2. The van der Waals surface area contributed by atoms with Gasteiger partial charge in [0.05, 0.1) is 15.5 Å². The predicted molar refractivity (Wildman–Crippen MR) is 113 cm³/mol. The largest absolute Gasteiger partial charge is 0.285 e. The predicted octanol–water partition coefficient (Wildman–Crippen LogP) is 4.96. The SMILES string of the molecule is Cc1ccc(C(=O)NN2C(=O)/C(=C\c3ccc(Br)cc3)SC2=S)c(Cl)c1. The summed E-state index contributed by atoms with van der Waals surface area (Å²) in [6.07, 6.45) is 1.73. The first kappa shape index (κ1) is 19.1. The second-order valence-corrected chi connectivity index (χ2v) is 8.49. The molecule has 2 amide bonds. The number of benzene rings is 2. The van der Waals surface area contributed by atoms with Crippen LogP contribution >= 0.6 is 51.5 Å². The number of thioether (sulfide) groups is 1. The summed E-state index contributed by atoms with van der Waals surface area (Å²) in [5, 5.41) is 1.39. The molecule has 1 saturated heterocycles. The van der Waals surface area contributed by atoms with Crippen molar-refractivity contribution in [2.45, 2.75) is 6.92 Å². The quantitative estimate of drug-likeness (QED) is 0.512. The summed E-state index contributed by atoms with van der Waals surface area (Å²) in [5.74, 6) is -0.865. The lowest BCUT2D eigenvalue weighted by molar-refractivity contribution is -0.123. The second-order valence-electron chi connectivity index (χ2n) is 5.49. The highest BCUT2D eigenvalue weighted by Crippen LogP contribution is 2.32. The van der Waals surface area contributed by atoms with E-state index in [2.05, 4.69) is 21.4 Å². The van der Waals surface area contributed by atoms with Crippen LogP contribution in [0.2, 0.25) is 5.02 Å². The first-order chi connectivity index (χ1) is 12.3. The van der Waals surface area contributed by atoms with Gasteiger partial charge in [0.2, 0.25) is 0 Å². The normalized spacial score (nSPS) is 15.7. The van der Waals surface area contributed by atoms with E-state index in [9.17, 15) is 9.59 Å². The van der Waals surface area contributed by atoms with Gasteiger partial charge in [0.1, 0.15) is 0 Å². The zero-order chi connectivity index (χ0) is 18.8. The highest BCUT2D eigenvalue weighted by atomic mass is 79.9. The minimum atomic E-state index is -0.490. The molecule has 26 heavy (non-hydrogen) atoms. The number of aryl methyl sites for hydroxylation is 1. The molecule has 1 aliphatic heterocycles. The van der Waals surface area contributed by atoms with Gasteiger partial charge in [0, 0.05) is 4.47 Å². The summed E-state index contributed by atoms with van der Waals surface area (Å²) >= 11 is 15.8. The first-order valence-electron chi connectivity index (χ1n) is 7.46. The Hall–Kier alpha value is -1.67. The van der Waals surface area contributed by atoms with E-state index < -0.39 is 5.91 Å². The van der Waals surface area contributed by atoms with Crippen molar-refractivity contribution in [2.75, 3.05) is 0 Å². The van der Waals surface area contributed by atoms with E-state index in [1.807, 2.05) is 31.2 Å². The molecule has 1 aliphatic rings. The van der Waals surface area contributed by atoms with Crippen LogP contribution in [0.5, 0.6) is 0 Å². The molecule has 2 aromatic carbocycles. The Labute approximate surface area is 173 Å². The Morgan fingerprint density at radius 1 is 1.27 bits per heavy atom. The van der Waals surface area contributed by atoms with Crippen LogP contribution in [0.25, 0.3) is 6.08 Å². The number of carbonyl (C=O) groups excluding carboxylic acids is 2. The zero-order valence-corrected chi connectivity index (χ0v) is 17.4. The third-order valence-corrected chi connectivity index (χ3v) is 5.69. The van der Waals surface area contributed by atoms with Gasteiger partial charge in [-0.15, -0.1) is 0 Å².